The zero-order chi connectivity index (χ0) is 13.1. The Morgan fingerprint density at radius 3 is 2.67 bits per heavy atom. The summed E-state index contributed by atoms with van der Waals surface area (Å²) in [5, 5.41) is 0.687. The van der Waals surface area contributed by atoms with Crippen LogP contribution in [0, 0.1) is 4.64 Å². The molecule has 0 spiro atoms. The van der Waals surface area contributed by atoms with E-state index in [4.69, 9.17) is 28.6 Å². The molecule has 0 aliphatic heterocycles. The summed E-state index contributed by atoms with van der Waals surface area (Å²) >= 11 is 14.5. The summed E-state index contributed by atoms with van der Waals surface area (Å²) < 4.78 is 6.38. The molecule has 3 nitrogen and oxygen atoms in total. The second-order valence-corrected chi connectivity index (χ2v) is 5.24. The molecule has 0 radical (unpaired) electrons. The number of benzene rings is 1. The highest BCUT2D eigenvalue weighted by molar-refractivity contribution is 9.10. The maximum Gasteiger partial charge on any atom is 0.144 e. The number of hydrogen-bond donors (Lipinski definition) is 1. The fourth-order valence-electron chi connectivity index (χ4n) is 1.49. The molecular weight excluding hydrogens is 336 g/mol. The molecule has 1 heterocycles. The van der Waals surface area contributed by atoms with Gasteiger partial charge in [0.2, 0.25) is 0 Å². The highest BCUT2D eigenvalue weighted by atomic mass is 79.9. The van der Waals surface area contributed by atoms with Gasteiger partial charge < -0.3 is 9.72 Å². The van der Waals surface area contributed by atoms with Gasteiger partial charge in [-0.2, -0.15) is 0 Å². The summed E-state index contributed by atoms with van der Waals surface area (Å²) in [4.78, 5) is 7.53. The first-order chi connectivity index (χ1) is 8.61. The van der Waals surface area contributed by atoms with Crippen molar-refractivity contribution in [2.24, 2.45) is 0 Å². The van der Waals surface area contributed by atoms with Crippen LogP contribution in [0.4, 0.5) is 0 Å². The van der Waals surface area contributed by atoms with Crippen molar-refractivity contribution in [3.8, 4) is 11.4 Å². The molecule has 0 bridgehead atoms. The van der Waals surface area contributed by atoms with Crippen molar-refractivity contribution in [2.45, 2.75) is 6.61 Å². The first-order valence-corrected chi connectivity index (χ1v) is 6.73. The molecular formula is C12H10BrClN2OS. The number of H-pyrrole nitrogens is 1. The van der Waals surface area contributed by atoms with Crippen LogP contribution in [0.3, 0.4) is 0 Å². The third-order valence-corrected chi connectivity index (χ3v) is 4.01. The molecule has 2 rings (SSSR count). The zero-order valence-corrected chi connectivity index (χ0v) is 12.7. The minimum absolute atomic E-state index is 0.438. The minimum Gasteiger partial charge on any atom is -0.378 e. The maximum absolute atomic E-state index is 5.86. The predicted molar refractivity (Wildman–Crippen MR) is 78.3 cm³/mol. The van der Waals surface area contributed by atoms with Crippen molar-refractivity contribution in [3.05, 3.63) is 44.1 Å². The lowest BCUT2D eigenvalue weighted by atomic mass is 10.2. The Hall–Kier alpha value is -0.750. The van der Waals surface area contributed by atoms with Crippen LogP contribution in [0.1, 0.15) is 5.69 Å². The molecule has 0 amide bonds. The van der Waals surface area contributed by atoms with Crippen LogP contribution < -0.4 is 0 Å². The van der Waals surface area contributed by atoms with E-state index in [1.54, 1.807) is 7.11 Å². The lowest BCUT2D eigenvalue weighted by molar-refractivity contribution is 0.181. The van der Waals surface area contributed by atoms with Crippen LogP contribution in [0.15, 0.2) is 28.7 Å². The summed E-state index contributed by atoms with van der Waals surface area (Å²) in [6.07, 6.45) is 0. The van der Waals surface area contributed by atoms with E-state index in [2.05, 4.69) is 25.9 Å². The highest BCUT2D eigenvalue weighted by Gasteiger charge is 2.07. The van der Waals surface area contributed by atoms with Crippen molar-refractivity contribution in [1.29, 1.82) is 0 Å². The average Bonchev–Trinajstić information content (AvgIpc) is 2.36. The van der Waals surface area contributed by atoms with Crippen molar-refractivity contribution < 1.29 is 4.74 Å². The SMILES string of the molecule is COCc1[nH]c(-c2ccc(Cl)cc2)nc(=S)c1Br. The van der Waals surface area contributed by atoms with E-state index in [0.29, 0.717) is 22.1 Å². The first-order valence-electron chi connectivity index (χ1n) is 5.15. The summed E-state index contributed by atoms with van der Waals surface area (Å²) in [5.74, 6) is 0.701. The normalized spacial score (nSPS) is 10.6. The zero-order valence-electron chi connectivity index (χ0n) is 9.54. The molecule has 1 aromatic carbocycles. The van der Waals surface area contributed by atoms with Crippen molar-refractivity contribution in [3.63, 3.8) is 0 Å². The van der Waals surface area contributed by atoms with Crippen LogP contribution in [0.2, 0.25) is 5.02 Å². The molecule has 0 aliphatic carbocycles. The van der Waals surface area contributed by atoms with Crippen LogP contribution in [-0.4, -0.2) is 17.1 Å². The van der Waals surface area contributed by atoms with Crippen molar-refractivity contribution >= 4 is 39.7 Å². The molecule has 1 N–H and O–H groups in total. The average molecular weight is 346 g/mol. The number of ether oxygens (including phenoxy) is 1. The number of nitrogens with one attached hydrogen (secondary N) is 1. The second kappa shape index (κ2) is 5.93. The van der Waals surface area contributed by atoms with E-state index in [1.807, 2.05) is 24.3 Å². The van der Waals surface area contributed by atoms with Gasteiger partial charge in [-0.15, -0.1) is 0 Å². The molecule has 0 aliphatic rings. The van der Waals surface area contributed by atoms with Crippen LogP contribution >= 0.6 is 39.7 Å². The Kier molecular flexibility index (Phi) is 4.50. The Morgan fingerprint density at radius 2 is 2.06 bits per heavy atom. The number of hydrogen-bond acceptors (Lipinski definition) is 3. The standard InChI is InChI=1S/C12H10BrClN2OS/c1-17-6-9-10(13)12(18)16-11(15-9)7-2-4-8(14)5-3-7/h2-5H,6H2,1H3,(H,15,16,18). The van der Waals surface area contributed by atoms with Gasteiger partial charge in [0.15, 0.2) is 0 Å². The number of nitrogens with zero attached hydrogens (tertiary/aromatic N) is 1. The number of halogens is 2. The van der Waals surface area contributed by atoms with Gasteiger partial charge in [0, 0.05) is 17.7 Å². The van der Waals surface area contributed by atoms with Gasteiger partial charge in [0.25, 0.3) is 0 Å². The van der Waals surface area contributed by atoms with Crippen LogP contribution in [-0.2, 0) is 11.3 Å². The van der Waals surface area contributed by atoms with Crippen LogP contribution in [0.25, 0.3) is 11.4 Å². The van der Waals surface area contributed by atoms with E-state index >= 15 is 0 Å². The summed E-state index contributed by atoms with van der Waals surface area (Å²) in [7, 11) is 1.63. The van der Waals surface area contributed by atoms with Gasteiger partial charge in [-0.25, -0.2) is 4.98 Å². The van der Waals surface area contributed by atoms with Gasteiger partial charge in [-0.1, -0.05) is 23.8 Å². The molecule has 94 valence electrons. The Balaban J connectivity index is 2.51. The molecule has 0 saturated carbocycles. The lowest BCUT2D eigenvalue weighted by Gasteiger charge is -2.08. The quantitative estimate of drug-likeness (QED) is 0.840. The van der Waals surface area contributed by atoms with E-state index < -0.39 is 0 Å². The third kappa shape index (κ3) is 2.98. The summed E-state index contributed by atoms with van der Waals surface area (Å²) in [5.41, 5.74) is 1.79. The number of aromatic nitrogens is 2. The van der Waals surface area contributed by atoms with Crippen molar-refractivity contribution in [2.75, 3.05) is 7.11 Å². The Bertz CT molecular complexity index is 612. The molecule has 0 saturated heterocycles. The molecule has 0 unspecified atom stereocenters. The minimum atomic E-state index is 0.438. The van der Waals surface area contributed by atoms with E-state index in [-0.39, 0.29) is 0 Å². The fourth-order valence-corrected chi connectivity index (χ4v) is 2.14. The van der Waals surface area contributed by atoms with E-state index in [1.165, 1.54) is 0 Å². The first kappa shape index (κ1) is 13.7. The van der Waals surface area contributed by atoms with Gasteiger partial charge in [0.05, 0.1) is 16.8 Å². The molecule has 0 atom stereocenters. The number of aromatic amines is 1. The monoisotopic (exact) mass is 344 g/mol. The topological polar surface area (TPSA) is 37.9 Å². The van der Waals surface area contributed by atoms with E-state index in [0.717, 1.165) is 15.7 Å². The largest absolute Gasteiger partial charge is 0.378 e. The van der Waals surface area contributed by atoms with Crippen molar-refractivity contribution in [1.82, 2.24) is 9.97 Å². The molecule has 6 heteroatoms. The smallest absolute Gasteiger partial charge is 0.144 e. The van der Waals surface area contributed by atoms with Gasteiger partial charge >= 0.3 is 0 Å². The number of rotatable bonds is 3. The summed E-state index contributed by atoms with van der Waals surface area (Å²) in [6, 6.07) is 7.40. The van der Waals surface area contributed by atoms with Gasteiger partial charge in [0.1, 0.15) is 10.5 Å². The van der Waals surface area contributed by atoms with Gasteiger partial charge in [-0.05, 0) is 40.2 Å². The summed E-state index contributed by atoms with van der Waals surface area (Å²) in [6.45, 7) is 0.438. The molecule has 18 heavy (non-hydrogen) atoms. The fraction of sp³-hybridized carbons (Fsp3) is 0.167. The lowest BCUT2D eigenvalue weighted by Crippen LogP contribution is -1.99. The second-order valence-electron chi connectivity index (χ2n) is 3.62. The molecule has 0 fully saturated rings. The molecule has 2 aromatic rings. The maximum atomic E-state index is 5.86. The van der Waals surface area contributed by atoms with E-state index in [9.17, 15) is 0 Å². The Morgan fingerprint density at radius 1 is 1.39 bits per heavy atom. The highest BCUT2D eigenvalue weighted by Crippen LogP contribution is 2.22. The molecule has 1 aromatic heterocycles. The Labute approximate surface area is 123 Å². The predicted octanol–water partition coefficient (Wildman–Crippen LogP) is 4.37. The van der Waals surface area contributed by atoms with Crippen LogP contribution in [0.5, 0.6) is 0 Å². The third-order valence-electron chi connectivity index (χ3n) is 2.34. The number of methoxy groups -OCH3 is 1. The van der Waals surface area contributed by atoms with Gasteiger partial charge in [-0.3, -0.25) is 0 Å².